The number of methoxy groups -OCH3 is 1. The largest absolute Gasteiger partial charge is 0.497 e. The summed E-state index contributed by atoms with van der Waals surface area (Å²) in [5, 5.41) is 0.647. The predicted molar refractivity (Wildman–Crippen MR) is 91.3 cm³/mol. The molecule has 1 heterocycles. The van der Waals surface area contributed by atoms with Gasteiger partial charge in [-0.05, 0) is 48.7 Å². The van der Waals surface area contributed by atoms with Gasteiger partial charge >= 0.3 is 6.03 Å². The van der Waals surface area contributed by atoms with Gasteiger partial charge in [0.25, 0.3) is 0 Å². The molecule has 0 atom stereocenters. The van der Waals surface area contributed by atoms with Crippen LogP contribution in [0.5, 0.6) is 5.75 Å². The first kappa shape index (κ1) is 15.1. The van der Waals surface area contributed by atoms with Crippen LogP contribution in [0.1, 0.15) is 5.56 Å². The van der Waals surface area contributed by atoms with Gasteiger partial charge in [0.2, 0.25) is 0 Å². The van der Waals surface area contributed by atoms with E-state index in [9.17, 15) is 4.79 Å². The van der Waals surface area contributed by atoms with E-state index in [1.165, 1.54) is 11.9 Å². The van der Waals surface area contributed by atoms with E-state index < -0.39 is 0 Å². The molecule has 114 valence electrons. The van der Waals surface area contributed by atoms with E-state index in [0.29, 0.717) is 5.02 Å². The lowest BCUT2D eigenvalue weighted by Crippen LogP contribution is -2.40. The molecule has 0 bridgehead atoms. The average Bonchev–Trinajstić information content (AvgIpc) is 2.53. The minimum atomic E-state index is -0.120. The number of carbonyl (C=O) groups is 1. The van der Waals surface area contributed by atoms with Crippen LogP contribution in [0.15, 0.2) is 41.3 Å². The number of rotatable bonds is 2. The highest BCUT2D eigenvalue weighted by atomic mass is 35.5. The fourth-order valence-corrected chi connectivity index (χ4v) is 3.42. The highest BCUT2D eigenvalue weighted by Crippen LogP contribution is 2.42. The van der Waals surface area contributed by atoms with Crippen molar-refractivity contribution >= 4 is 41.0 Å². The Morgan fingerprint density at radius 3 is 2.64 bits per heavy atom. The van der Waals surface area contributed by atoms with Crippen LogP contribution in [0.25, 0.3) is 0 Å². The number of halogens is 1. The summed E-state index contributed by atoms with van der Waals surface area (Å²) in [6, 6.07) is 11.2. The maximum absolute atomic E-state index is 12.6. The molecule has 1 aliphatic rings. The van der Waals surface area contributed by atoms with Crippen molar-refractivity contribution in [3.8, 4) is 5.75 Å². The third-order valence-corrected chi connectivity index (χ3v) is 5.07. The molecule has 6 heteroatoms. The van der Waals surface area contributed by atoms with Crippen LogP contribution in [-0.2, 0) is 0 Å². The number of hydrogen-bond donors (Lipinski definition) is 0. The van der Waals surface area contributed by atoms with Crippen molar-refractivity contribution < 1.29 is 9.53 Å². The standard InChI is InChI=1S/C16H15ClN2O2S/c1-10-4-5-11(8-13(10)17)19-16(20)18(2)14-9-12(21-3)6-7-15(14)22-19/h4-9H,1-3H3. The molecule has 2 aromatic rings. The number of amides is 2. The van der Waals surface area contributed by atoms with Crippen LogP contribution in [0.2, 0.25) is 5.02 Å². The molecule has 0 fully saturated rings. The molecule has 0 aromatic heterocycles. The maximum atomic E-state index is 12.6. The molecule has 0 spiro atoms. The molecule has 0 radical (unpaired) electrons. The third-order valence-electron chi connectivity index (χ3n) is 3.57. The molecule has 2 aromatic carbocycles. The Labute approximate surface area is 138 Å². The molecule has 4 nitrogen and oxygen atoms in total. The van der Waals surface area contributed by atoms with Gasteiger partial charge in [0.15, 0.2) is 0 Å². The Morgan fingerprint density at radius 2 is 1.95 bits per heavy atom. The number of carbonyl (C=O) groups excluding carboxylic acids is 1. The second-order valence-corrected chi connectivity index (χ2v) is 6.39. The van der Waals surface area contributed by atoms with Crippen molar-refractivity contribution in [2.75, 3.05) is 23.4 Å². The van der Waals surface area contributed by atoms with Crippen LogP contribution in [-0.4, -0.2) is 20.2 Å². The van der Waals surface area contributed by atoms with Crippen molar-refractivity contribution in [3.63, 3.8) is 0 Å². The third kappa shape index (κ3) is 2.51. The number of hydrogen-bond acceptors (Lipinski definition) is 3. The zero-order valence-corrected chi connectivity index (χ0v) is 14.0. The summed E-state index contributed by atoms with van der Waals surface area (Å²) < 4.78 is 6.86. The van der Waals surface area contributed by atoms with Gasteiger partial charge < -0.3 is 4.74 Å². The average molecular weight is 335 g/mol. The number of benzene rings is 2. The molecular weight excluding hydrogens is 320 g/mol. The highest BCUT2D eigenvalue weighted by Gasteiger charge is 2.30. The zero-order valence-electron chi connectivity index (χ0n) is 12.5. The van der Waals surface area contributed by atoms with Gasteiger partial charge in [-0.1, -0.05) is 17.7 Å². The fraction of sp³-hybridized carbons (Fsp3) is 0.188. The number of ether oxygens (including phenoxy) is 1. The van der Waals surface area contributed by atoms with Gasteiger partial charge in [0.1, 0.15) is 5.75 Å². The second kappa shape index (κ2) is 5.74. The minimum Gasteiger partial charge on any atom is -0.497 e. The molecule has 1 aliphatic heterocycles. The van der Waals surface area contributed by atoms with Gasteiger partial charge in [-0.2, -0.15) is 0 Å². The van der Waals surface area contributed by atoms with Gasteiger partial charge in [0, 0.05) is 18.1 Å². The van der Waals surface area contributed by atoms with E-state index in [1.54, 1.807) is 23.4 Å². The van der Waals surface area contributed by atoms with E-state index in [2.05, 4.69) is 0 Å². The molecule has 0 N–H and O–H groups in total. The molecule has 0 aliphatic carbocycles. The van der Waals surface area contributed by atoms with E-state index in [-0.39, 0.29) is 6.03 Å². The number of aryl methyl sites for hydroxylation is 1. The monoisotopic (exact) mass is 334 g/mol. The van der Waals surface area contributed by atoms with Gasteiger partial charge in [-0.25, -0.2) is 9.10 Å². The van der Waals surface area contributed by atoms with Crippen LogP contribution in [0.3, 0.4) is 0 Å². The van der Waals surface area contributed by atoms with Crippen molar-refractivity contribution in [1.82, 2.24) is 0 Å². The smallest absolute Gasteiger partial charge is 0.339 e. The fourth-order valence-electron chi connectivity index (χ4n) is 2.21. The Balaban J connectivity index is 2.01. The Hall–Kier alpha value is -1.85. The van der Waals surface area contributed by atoms with E-state index >= 15 is 0 Å². The van der Waals surface area contributed by atoms with Crippen LogP contribution < -0.4 is 13.9 Å². The van der Waals surface area contributed by atoms with Gasteiger partial charge in [0.05, 0.1) is 23.4 Å². The van der Waals surface area contributed by atoms with Crippen molar-refractivity contribution in [3.05, 3.63) is 47.0 Å². The maximum Gasteiger partial charge on any atom is 0.339 e. The second-order valence-electron chi connectivity index (χ2n) is 4.99. The summed E-state index contributed by atoms with van der Waals surface area (Å²) >= 11 is 7.56. The summed E-state index contributed by atoms with van der Waals surface area (Å²) in [6.45, 7) is 1.94. The van der Waals surface area contributed by atoms with Crippen LogP contribution in [0.4, 0.5) is 16.2 Å². The van der Waals surface area contributed by atoms with E-state index in [4.69, 9.17) is 16.3 Å². The lowest BCUT2D eigenvalue weighted by molar-refractivity contribution is 0.255. The first-order valence-electron chi connectivity index (χ1n) is 6.71. The lowest BCUT2D eigenvalue weighted by atomic mass is 10.2. The Kier molecular flexibility index (Phi) is 3.93. The molecule has 22 heavy (non-hydrogen) atoms. The van der Waals surface area contributed by atoms with Gasteiger partial charge in [-0.15, -0.1) is 0 Å². The summed E-state index contributed by atoms with van der Waals surface area (Å²) in [6.07, 6.45) is 0. The quantitative estimate of drug-likeness (QED) is 0.744. The van der Waals surface area contributed by atoms with E-state index in [0.717, 1.165) is 27.6 Å². The zero-order chi connectivity index (χ0) is 15.9. The van der Waals surface area contributed by atoms with E-state index in [1.807, 2.05) is 43.3 Å². The molecule has 2 amide bonds. The van der Waals surface area contributed by atoms with Gasteiger partial charge in [-0.3, -0.25) is 4.90 Å². The number of nitrogens with zero attached hydrogens (tertiary/aromatic N) is 2. The predicted octanol–water partition coefficient (Wildman–Crippen LogP) is 4.74. The van der Waals surface area contributed by atoms with Crippen LogP contribution in [0, 0.1) is 6.92 Å². The first-order chi connectivity index (χ1) is 10.5. The van der Waals surface area contributed by atoms with Crippen LogP contribution >= 0.6 is 23.5 Å². The molecule has 3 rings (SSSR count). The first-order valence-corrected chi connectivity index (χ1v) is 7.86. The summed E-state index contributed by atoms with van der Waals surface area (Å²) in [4.78, 5) is 15.2. The Bertz CT molecular complexity index is 751. The number of urea groups is 1. The molecule has 0 saturated carbocycles. The summed E-state index contributed by atoms with van der Waals surface area (Å²) in [5.74, 6) is 0.728. The highest BCUT2D eigenvalue weighted by molar-refractivity contribution is 8.01. The topological polar surface area (TPSA) is 32.8 Å². The summed E-state index contributed by atoms with van der Waals surface area (Å²) in [5.41, 5.74) is 2.58. The molecule has 0 unspecified atom stereocenters. The van der Waals surface area contributed by atoms with Crippen molar-refractivity contribution in [2.24, 2.45) is 0 Å². The lowest BCUT2D eigenvalue weighted by Gasteiger charge is -2.33. The molecular formula is C16H15ClN2O2S. The number of anilines is 2. The SMILES string of the molecule is COc1ccc2c(c1)N(C)C(=O)N(c1ccc(C)c(Cl)c1)S2. The van der Waals surface area contributed by atoms with Crippen molar-refractivity contribution in [1.29, 1.82) is 0 Å². The number of fused-ring (bicyclic) bond motifs is 1. The van der Waals surface area contributed by atoms with Crippen molar-refractivity contribution in [2.45, 2.75) is 11.8 Å². The summed E-state index contributed by atoms with van der Waals surface area (Å²) in [7, 11) is 3.36. The molecule has 0 saturated heterocycles. The minimum absolute atomic E-state index is 0.120. The Morgan fingerprint density at radius 1 is 1.18 bits per heavy atom. The normalized spacial score (nSPS) is 14.1.